The van der Waals surface area contributed by atoms with Crippen LogP contribution in [-0.2, 0) is 9.53 Å². The van der Waals surface area contributed by atoms with E-state index in [0.29, 0.717) is 5.92 Å². The van der Waals surface area contributed by atoms with E-state index >= 15 is 0 Å². The van der Waals surface area contributed by atoms with Crippen LogP contribution in [0, 0.1) is 5.92 Å². The van der Waals surface area contributed by atoms with Crippen LogP contribution >= 0.6 is 0 Å². The number of carbonyl (C=O) groups is 1. The van der Waals surface area contributed by atoms with Crippen LogP contribution in [-0.4, -0.2) is 37.7 Å². The number of rotatable bonds is 6. The molecule has 16 heavy (non-hydrogen) atoms. The van der Waals surface area contributed by atoms with Crippen LogP contribution in [0.1, 0.15) is 33.6 Å². The number of hydrogen-bond donors (Lipinski definition) is 2. The Hall–Kier alpha value is -0.610. The molecule has 0 aliphatic carbocycles. The summed E-state index contributed by atoms with van der Waals surface area (Å²) >= 11 is 0. The molecule has 2 N–H and O–H groups in total. The maximum Gasteiger partial charge on any atom is 0.237 e. The van der Waals surface area contributed by atoms with Crippen molar-refractivity contribution in [3.63, 3.8) is 0 Å². The van der Waals surface area contributed by atoms with Gasteiger partial charge in [0.2, 0.25) is 5.91 Å². The number of amides is 1. The minimum absolute atomic E-state index is 0.0689. The van der Waals surface area contributed by atoms with Gasteiger partial charge in [-0.05, 0) is 18.8 Å². The van der Waals surface area contributed by atoms with E-state index in [1.54, 1.807) is 0 Å². The Morgan fingerprint density at radius 2 is 2.31 bits per heavy atom. The Morgan fingerprint density at radius 1 is 1.56 bits per heavy atom. The quantitative estimate of drug-likeness (QED) is 0.710. The Labute approximate surface area is 98.1 Å². The molecular formula is C12H24N2O2. The molecule has 1 saturated heterocycles. The molecule has 94 valence electrons. The van der Waals surface area contributed by atoms with Crippen molar-refractivity contribution in [1.82, 2.24) is 10.6 Å². The first kappa shape index (κ1) is 13.5. The summed E-state index contributed by atoms with van der Waals surface area (Å²) in [5.41, 5.74) is 0. The summed E-state index contributed by atoms with van der Waals surface area (Å²) in [6.07, 6.45) is 2.03. The zero-order valence-electron chi connectivity index (χ0n) is 10.6. The second-order valence-electron chi connectivity index (χ2n) is 4.83. The average Bonchev–Trinajstić information content (AvgIpc) is 2.71. The second kappa shape index (κ2) is 6.86. The fourth-order valence-electron chi connectivity index (χ4n) is 1.74. The molecule has 0 radical (unpaired) electrons. The van der Waals surface area contributed by atoms with Crippen LogP contribution in [0.15, 0.2) is 0 Å². The van der Waals surface area contributed by atoms with Gasteiger partial charge in [0.25, 0.3) is 0 Å². The van der Waals surface area contributed by atoms with Crippen LogP contribution in [0.3, 0.4) is 0 Å². The zero-order chi connectivity index (χ0) is 12.0. The van der Waals surface area contributed by atoms with E-state index in [9.17, 15) is 4.79 Å². The van der Waals surface area contributed by atoms with Crippen LogP contribution in [0.5, 0.6) is 0 Å². The monoisotopic (exact) mass is 228 g/mol. The van der Waals surface area contributed by atoms with Gasteiger partial charge in [-0.15, -0.1) is 0 Å². The van der Waals surface area contributed by atoms with E-state index in [-0.39, 0.29) is 18.1 Å². The third-order valence-electron chi connectivity index (χ3n) is 2.65. The Balaban J connectivity index is 2.21. The molecule has 1 rings (SSSR count). The topological polar surface area (TPSA) is 50.4 Å². The van der Waals surface area contributed by atoms with Gasteiger partial charge in [0.15, 0.2) is 0 Å². The van der Waals surface area contributed by atoms with E-state index in [0.717, 1.165) is 32.5 Å². The van der Waals surface area contributed by atoms with E-state index in [4.69, 9.17) is 4.74 Å². The van der Waals surface area contributed by atoms with Crippen molar-refractivity contribution in [3.05, 3.63) is 0 Å². The van der Waals surface area contributed by atoms with Crippen molar-refractivity contribution in [2.45, 2.75) is 45.8 Å². The predicted molar refractivity (Wildman–Crippen MR) is 64.3 cm³/mol. The zero-order valence-corrected chi connectivity index (χ0v) is 10.6. The molecule has 1 heterocycles. The molecule has 4 nitrogen and oxygen atoms in total. The minimum atomic E-state index is -0.0689. The van der Waals surface area contributed by atoms with E-state index in [2.05, 4.69) is 31.4 Å². The molecule has 0 saturated carbocycles. The summed E-state index contributed by atoms with van der Waals surface area (Å²) in [6, 6.07) is -0.0689. The molecule has 0 aromatic rings. The smallest absolute Gasteiger partial charge is 0.237 e. The van der Waals surface area contributed by atoms with Crippen LogP contribution < -0.4 is 10.6 Å². The fourth-order valence-corrected chi connectivity index (χ4v) is 1.74. The first-order valence-corrected chi connectivity index (χ1v) is 6.26. The minimum Gasteiger partial charge on any atom is -0.377 e. The average molecular weight is 228 g/mol. The maximum atomic E-state index is 11.7. The van der Waals surface area contributed by atoms with Gasteiger partial charge in [-0.3, -0.25) is 4.79 Å². The van der Waals surface area contributed by atoms with Crippen molar-refractivity contribution in [3.8, 4) is 0 Å². The highest BCUT2D eigenvalue weighted by Crippen LogP contribution is 2.10. The van der Waals surface area contributed by atoms with Gasteiger partial charge in [0, 0.05) is 19.7 Å². The third-order valence-corrected chi connectivity index (χ3v) is 2.65. The molecule has 2 unspecified atom stereocenters. The van der Waals surface area contributed by atoms with Gasteiger partial charge in [0.1, 0.15) is 0 Å². The van der Waals surface area contributed by atoms with Crippen LogP contribution in [0.25, 0.3) is 0 Å². The Morgan fingerprint density at radius 3 is 2.94 bits per heavy atom. The van der Waals surface area contributed by atoms with E-state index < -0.39 is 0 Å². The highest BCUT2D eigenvalue weighted by Gasteiger charge is 2.29. The fraction of sp³-hybridized carbons (Fsp3) is 0.917. The lowest BCUT2D eigenvalue weighted by atomic mass is 10.1. The summed E-state index contributed by atoms with van der Waals surface area (Å²) in [7, 11) is 0. The molecule has 1 amide bonds. The van der Waals surface area contributed by atoms with Crippen molar-refractivity contribution in [2.75, 3.05) is 19.7 Å². The molecule has 0 aromatic heterocycles. The van der Waals surface area contributed by atoms with Crippen molar-refractivity contribution >= 4 is 5.91 Å². The predicted octanol–water partition coefficient (Wildman–Crippen LogP) is 0.916. The molecule has 1 aliphatic rings. The number of carbonyl (C=O) groups excluding carboxylic acids is 1. The van der Waals surface area contributed by atoms with Crippen molar-refractivity contribution in [2.24, 2.45) is 5.92 Å². The highest BCUT2D eigenvalue weighted by molar-refractivity contribution is 5.82. The van der Waals surface area contributed by atoms with Gasteiger partial charge < -0.3 is 15.4 Å². The molecule has 0 bridgehead atoms. The third kappa shape index (κ3) is 4.49. The normalized spacial score (nSPS) is 25.0. The number of ether oxygens (including phenoxy) is 1. The Kier molecular flexibility index (Phi) is 5.77. The Bertz CT molecular complexity index is 219. The maximum absolute atomic E-state index is 11.7. The lowest BCUT2D eigenvalue weighted by Gasteiger charge is -2.13. The molecule has 0 aromatic carbocycles. The first-order chi connectivity index (χ1) is 7.63. The van der Waals surface area contributed by atoms with Gasteiger partial charge in [-0.1, -0.05) is 20.8 Å². The molecular weight excluding hydrogens is 204 g/mol. The van der Waals surface area contributed by atoms with Gasteiger partial charge >= 0.3 is 0 Å². The summed E-state index contributed by atoms with van der Waals surface area (Å²) in [4.78, 5) is 11.7. The van der Waals surface area contributed by atoms with E-state index in [1.165, 1.54) is 0 Å². The summed E-state index contributed by atoms with van der Waals surface area (Å²) in [5, 5.41) is 6.15. The van der Waals surface area contributed by atoms with Crippen LogP contribution in [0.2, 0.25) is 0 Å². The summed E-state index contributed by atoms with van der Waals surface area (Å²) in [5.74, 6) is 0.605. The SMILES string of the molecule is CCCOC1CNC(C(=O)NCC(C)C)C1. The largest absolute Gasteiger partial charge is 0.377 e. The van der Waals surface area contributed by atoms with E-state index in [1.807, 2.05) is 0 Å². The van der Waals surface area contributed by atoms with Gasteiger partial charge in [-0.2, -0.15) is 0 Å². The first-order valence-electron chi connectivity index (χ1n) is 6.26. The molecule has 2 atom stereocenters. The number of hydrogen-bond acceptors (Lipinski definition) is 3. The standard InChI is InChI=1S/C12H24N2O2/c1-4-5-16-10-6-11(13-8-10)12(15)14-7-9(2)3/h9-11,13H,4-8H2,1-3H3,(H,14,15). The summed E-state index contributed by atoms with van der Waals surface area (Å²) in [6.45, 7) is 8.60. The van der Waals surface area contributed by atoms with Crippen LogP contribution in [0.4, 0.5) is 0 Å². The molecule has 0 spiro atoms. The number of nitrogens with one attached hydrogen (secondary N) is 2. The second-order valence-corrected chi connectivity index (χ2v) is 4.83. The highest BCUT2D eigenvalue weighted by atomic mass is 16.5. The lowest BCUT2D eigenvalue weighted by molar-refractivity contribution is -0.123. The van der Waals surface area contributed by atoms with Crippen molar-refractivity contribution in [1.29, 1.82) is 0 Å². The van der Waals surface area contributed by atoms with Gasteiger partial charge in [0.05, 0.1) is 12.1 Å². The molecule has 1 aliphatic heterocycles. The molecule has 4 heteroatoms. The molecule has 1 fully saturated rings. The summed E-state index contributed by atoms with van der Waals surface area (Å²) < 4.78 is 5.62. The van der Waals surface area contributed by atoms with Crippen molar-refractivity contribution < 1.29 is 9.53 Å². The lowest BCUT2D eigenvalue weighted by Crippen LogP contribution is -2.41. The van der Waals surface area contributed by atoms with Gasteiger partial charge in [-0.25, -0.2) is 0 Å².